The van der Waals surface area contributed by atoms with Crippen molar-refractivity contribution in [2.45, 2.75) is 161 Å². The Hall–Kier alpha value is -2.06. The van der Waals surface area contributed by atoms with Gasteiger partial charge in [-0.1, -0.05) is 138 Å². The number of phosphoric acid groups is 1. The highest BCUT2D eigenvalue weighted by atomic mass is 31.2. The number of carbonyl (C=O) groups is 1. The van der Waals surface area contributed by atoms with Crippen LogP contribution in [-0.4, -0.2) is 70.7 Å². The highest BCUT2D eigenvalue weighted by Crippen LogP contribution is 2.38. The molecule has 0 fully saturated rings. The van der Waals surface area contributed by atoms with Crippen LogP contribution in [0.25, 0.3) is 0 Å². The number of carbonyl (C=O) groups excluding carboxylic acids is 1. The number of quaternary nitrogens is 1. The summed E-state index contributed by atoms with van der Waals surface area (Å²) in [6.45, 7) is 5.15. The quantitative estimate of drug-likeness (QED) is 0.0201. The zero-order chi connectivity index (χ0) is 40.6. The first kappa shape index (κ1) is 52.9. The van der Waals surface area contributed by atoms with Gasteiger partial charge in [-0.2, -0.15) is 0 Å². The van der Waals surface area contributed by atoms with Crippen molar-refractivity contribution < 1.29 is 37.3 Å². The van der Waals surface area contributed by atoms with Crippen molar-refractivity contribution in [2.75, 3.05) is 54.1 Å². The maximum absolute atomic E-state index is 12.7. The van der Waals surface area contributed by atoms with Gasteiger partial charge in [-0.3, -0.25) is 9.36 Å². The van der Waals surface area contributed by atoms with Gasteiger partial charge in [0.1, 0.15) is 19.3 Å². The van der Waals surface area contributed by atoms with E-state index in [-0.39, 0.29) is 32.2 Å². The summed E-state index contributed by atoms with van der Waals surface area (Å²) in [7, 11) is 1.31. The number of ether oxygens (including phenoxy) is 2. The Morgan fingerprint density at radius 3 is 1.60 bits per heavy atom. The molecule has 55 heavy (non-hydrogen) atoms. The molecule has 0 aromatic carbocycles. The second-order valence-electron chi connectivity index (χ2n) is 15.3. The third-order valence-corrected chi connectivity index (χ3v) is 9.71. The molecule has 0 saturated carbocycles. The van der Waals surface area contributed by atoms with Gasteiger partial charge in [-0.15, -0.1) is 0 Å². The zero-order valence-corrected chi connectivity index (χ0v) is 36.7. The number of hydrogen-bond acceptors (Lipinski definition) is 7. The second-order valence-corrected chi connectivity index (χ2v) is 16.7. The molecule has 0 spiro atoms. The minimum atomic E-state index is -4.54. The smallest absolute Gasteiger partial charge is 0.306 e. The summed E-state index contributed by atoms with van der Waals surface area (Å²) in [4.78, 5) is 25.0. The van der Waals surface area contributed by atoms with Gasteiger partial charge >= 0.3 is 5.97 Å². The van der Waals surface area contributed by atoms with Crippen LogP contribution in [-0.2, 0) is 27.9 Å². The van der Waals surface area contributed by atoms with Crippen molar-refractivity contribution in [3.05, 3.63) is 72.9 Å². The Morgan fingerprint density at radius 1 is 0.582 bits per heavy atom. The molecule has 0 aromatic heterocycles. The third kappa shape index (κ3) is 42.9. The number of allylic oxidation sites excluding steroid dienone is 12. The van der Waals surface area contributed by atoms with Gasteiger partial charge in [0.15, 0.2) is 0 Å². The molecule has 9 heteroatoms. The highest BCUT2D eigenvalue weighted by molar-refractivity contribution is 7.45. The molecular weight excluding hydrogens is 709 g/mol. The van der Waals surface area contributed by atoms with Crippen LogP contribution < -0.4 is 4.89 Å². The minimum Gasteiger partial charge on any atom is -0.756 e. The predicted octanol–water partition coefficient (Wildman–Crippen LogP) is 12.1. The summed E-state index contributed by atoms with van der Waals surface area (Å²) in [6, 6.07) is 0. The molecule has 0 rings (SSSR count). The van der Waals surface area contributed by atoms with Gasteiger partial charge in [0.05, 0.1) is 34.4 Å². The van der Waals surface area contributed by atoms with Gasteiger partial charge in [0.25, 0.3) is 7.82 Å². The summed E-state index contributed by atoms with van der Waals surface area (Å²) in [6.07, 6.45) is 49.2. The van der Waals surface area contributed by atoms with Crippen LogP contribution in [0.15, 0.2) is 72.9 Å². The monoisotopic (exact) mass is 792 g/mol. The van der Waals surface area contributed by atoms with Crippen LogP contribution >= 0.6 is 7.82 Å². The molecule has 0 heterocycles. The summed E-state index contributed by atoms with van der Waals surface area (Å²) in [5, 5.41) is 0. The molecule has 0 aromatic rings. The molecule has 0 aliphatic heterocycles. The highest BCUT2D eigenvalue weighted by Gasteiger charge is 2.20. The molecule has 8 nitrogen and oxygen atoms in total. The van der Waals surface area contributed by atoms with Gasteiger partial charge in [0.2, 0.25) is 0 Å². The number of phosphoric ester groups is 1. The first-order valence-electron chi connectivity index (χ1n) is 21.7. The molecule has 0 bridgehead atoms. The van der Waals surface area contributed by atoms with Crippen molar-refractivity contribution in [1.29, 1.82) is 0 Å². The van der Waals surface area contributed by atoms with Gasteiger partial charge in [-0.25, -0.2) is 0 Å². The number of hydrogen-bond donors (Lipinski definition) is 0. The number of esters is 1. The zero-order valence-electron chi connectivity index (χ0n) is 35.8. The van der Waals surface area contributed by atoms with Crippen LogP contribution in [0.3, 0.4) is 0 Å². The summed E-state index contributed by atoms with van der Waals surface area (Å²) < 4.78 is 34.5. The first-order chi connectivity index (χ1) is 26.6. The molecule has 0 aliphatic carbocycles. The fraction of sp³-hybridized carbons (Fsp3) is 0.717. The van der Waals surface area contributed by atoms with E-state index in [0.717, 1.165) is 83.5 Å². The van der Waals surface area contributed by atoms with Gasteiger partial charge < -0.3 is 27.9 Å². The largest absolute Gasteiger partial charge is 0.756 e. The average molecular weight is 792 g/mol. The minimum absolute atomic E-state index is 0.0125. The molecule has 2 atom stereocenters. The SMILES string of the molecule is CC/C=C\C/C=C\C/C=C\C/C=C\C/C=C\CCCCOCC(COP(=O)([O-])OCC[N+](C)(C)C)OC(=O)CCCCCCC/C=C\CCCCCCCC. The fourth-order valence-corrected chi connectivity index (χ4v) is 6.12. The fourth-order valence-electron chi connectivity index (χ4n) is 5.39. The Kier molecular flexibility index (Phi) is 37.3. The molecule has 0 N–H and O–H groups in total. The van der Waals surface area contributed by atoms with Gasteiger partial charge in [-0.05, 0) is 83.5 Å². The van der Waals surface area contributed by atoms with E-state index in [4.69, 9.17) is 18.5 Å². The van der Waals surface area contributed by atoms with E-state index in [9.17, 15) is 14.3 Å². The maximum atomic E-state index is 12.7. The molecule has 2 unspecified atom stereocenters. The average Bonchev–Trinajstić information content (AvgIpc) is 3.13. The van der Waals surface area contributed by atoms with Crippen LogP contribution in [0.4, 0.5) is 0 Å². The predicted molar refractivity (Wildman–Crippen MR) is 231 cm³/mol. The standard InChI is InChI=1S/C46H82NO7P/c1-6-8-10-12-14-16-18-20-22-23-24-26-28-30-32-34-36-38-41-51-43-45(44-53-55(49,50)52-42-40-47(3,4)5)54-46(48)39-37-35-33-31-29-27-25-21-19-17-15-13-11-9-7-2/h8,10,14,16,20-22,24-26,30,32,45H,6-7,9,11-13,15,17-19,23,27-29,31,33-44H2,1-5H3/b10-8-,16-14-,22-20-,25-21-,26-24-,32-30-. The van der Waals surface area contributed by atoms with Crippen molar-refractivity contribution in [3.8, 4) is 0 Å². The first-order valence-corrected chi connectivity index (χ1v) is 23.1. The molecular formula is C46H82NO7P. The molecule has 0 amide bonds. The Morgan fingerprint density at radius 2 is 1.05 bits per heavy atom. The summed E-state index contributed by atoms with van der Waals surface area (Å²) in [5.74, 6) is -0.361. The molecule has 0 aliphatic rings. The summed E-state index contributed by atoms with van der Waals surface area (Å²) in [5.41, 5.74) is 0. The lowest BCUT2D eigenvalue weighted by Gasteiger charge is -2.28. The number of rotatable bonds is 39. The van der Waals surface area contributed by atoms with E-state index in [2.05, 4.69) is 86.8 Å². The molecule has 318 valence electrons. The van der Waals surface area contributed by atoms with Crippen molar-refractivity contribution in [3.63, 3.8) is 0 Å². The lowest BCUT2D eigenvalue weighted by Crippen LogP contribution is -2.37. The Balaban J connectivity index is 4.36. The van der Waals surface area contributed by atoms with E-state index >= 15 is 0 Å². The van der Waals surface area contributed by atoms with Crippen molar-refractivity contribution in [1.82, 2.24) is 0 Å². The van der Waals surface area contributed by atoms with E-state index in [1.165, 1.54) is 51.4 Å². The van der Waals surface area contributed by atoms with Crippen molar-refractivity contribution >= 4 is 13.8 Å². The van der Waals surface area contributed by atoms with E-state index < -0.39 is 13.9 Å². The third-order valence-electron chi connectivity index (χ3n) is 8.74. The summed E-state index contributed by atoms with van der Waals surface area (Å²) >= 11 is 0. The lowest BCUT2D eigenvalue weighted by molar-refractivity contribution is -0.870. The Bertz CT molecular complexity index is 1110. The normalized spacial score (nSPS) is 14.5. The lowest BCUT2D eigenvalue weighted by atomic mass is 10.1. The number of unbranched alkanes of at least 4 members (excludes halogenated alkanes) is 13. The van der Waals surface area contributed by atoms with Crippen LogP contribution in [0.2, 0.25) is 0 Å². The van der Waals surface area contributed by atoms with E-state index in [1.807, 2.05) is 21.1 Å². The number of likely N-dealkylation sites (N-methyl/N-ethyl adjacent to an activating group) is 1. The maximum Gasteiger partial charge on any atom is 0.306 e. The van der Waals surface area contributed by atoms with Crippen LogP contribution in [0.1, 0.15) is 155 Å². The van der Waals surface area contributed by atoms with Crippen molar-refractivity contribution in [2.24, 2.45) is 0 Å². The second kappa shape index (κ2) is 38.8. The van der Waals surface area contributed by atoms with Gasteiger partial charge in [0, 0.05) is 13.0 Å². The Labute approximate surface area is 338 Å². The van der Waals surface area contributed by atoms with E-state index in [1.54, 1.807) is 0 Å². The van der Waals surface area contributed by atoms with Crippen LogP contribution in [0, 0.1) is 0 Å². The molecule has 0 radical (unpaired) electrons. The van der Waals surface area contributed by atoms with E-state index in [0.29, 0.717) is 17.6 Å². The van der Waals surface area contributed by atoms with Crippen LogP contribution in [0.5, 0.6) is 0 Å². The number of nitrogens with zero attached hydrogens (tertiary/aromatic N) is 1. The topological polar surface area (TPSA) is 94.1 Å². The molecule has 0 saturated heterocycles.